The minimum atomic E-state index is -0.526. The molecule has 33 heavy (non-hydrogen) atoms. The molecular weight excluding hydrogens is 489 g/mol. The highest BCUT2D eigenvalue weighted by Crippen LogP contribution is 2.30. The SMILES string of the molecule is C[C@@H](Nc1nc(N2CCN(C(=O)[C@H]3CNCC(=O)N3)CC2)ncc1Cl)c1ccc(Cl)cc1Cl. The predicted octanol–water partition coefficient (Wildman–Crippen LogP) is 2.35. The molecule has 3 heterocycles. The molecule has 2 fully saturated rings. The molecule has 2 aliphatic rings. The van der Waals surface area contributed by atoms with E-state index in [0.29, 0.717) is 59.6 Å². The van der Waals surface area contributed by atoms with Crippen molar-refractivity contribution in [3.63, 3.8) is 0 Å². The van der Waals surface area contributed by atoms with Gasteiger partial charge < -0.3 is 25.8 Å². The van der Waals surface area contributed by atoms with E-state index in [1.54, 1.807) is 23.2 Å². The van der Waals surface area contributed by atoms with Crippen LogP contribution in [0.4, 0.5) is 11.8 Å². The summed E-state index contributed by atoms with van der Waals surface area (Å²) in [4.78, 5) is 37.0. The summed E-state index contributed by atoms with van der Waals surface area (Å²) in [6.45, 7) is 4.80. The number of halogens is 3. The van der Waals surface area contributed by atoms with Gasteiger partial charge in [0.1, 0.15) is 11.1 Å². The highest BCUT2D eigenvalue weighted by molar-refractivity contribution is 6.35. The molecular formula is C21H24Cl3N7O2. The molecule has 2 atom stereocenters. The molecule has 0 saturated carbocycles. The molecule has 12 heteroatoms. The zero-order chi connectivity index (χ0) is 23.5. The molecule has 1 aromatic heterocycles. The van der Waals surface area contributed by atoms with Crippen LogP contribution in [0.25, 0.3) is 0 Å². The van der Waals surface area contributed by atoms with Crippen molar-refractivity contribution in [3.8, 4) is 0 Å². The van der Waals surface area contributed by atoms with Gasteiger partial charge in [0.25, 0.3) is 0 Å². The second-order valence-electron chi connectivity index (χ2n) is 7.96. The average Bonchev–Trinajstić information content (AvgIpc) is 2.80. The van der Waals surface area contributed by atoms with E-state index in [0.717, 1.165) is 5.56 Å². The Morgan fingerprint density at radius 3 is 2.64 bits per heavy atom. The highest BCUT2D eigenvalue weighted by Gasteiger charge is 2.31. The van der Waals surface area contributed by atoms with Gasteiger partial charge >= 0.3 is 0 Å². The van der Waals surface area contributed by atoms with Crippen LogP contribution in [-0.2, 0) is 9.59 Å². The zero-order valence-electron chi connectivity index (χ0n) is 17.9. The molecule has 0 radical (unpaired) electrons. The van der Waals surface area contributed by atoms with Gasteiger partial charge in [-0.15, -0.1) is 0 Å². The topological polar surface area (TPSA) is 102 Å². The monoisotopic (exact) mass is 511 g/mol. The number of nitrogens with one attached hydrogen (secondary N) is 3. The van der Waals surface area contributed by atoms with E-state index in [1.807, 2.05) is 17.9 Å². The van der Waals surface area contributed by atoms with Crippen LogP contribution in [0.1, 0.15) is 18.5 Å². The summed E-state index contributed by atoms with van der Waals surface area (Å²) in [6, 6.07) is 4.65. The number of carbonyl (C=O) groups is 2. The maximum absolute atomic E-state index is 12.7. The summed E-state index contributed by atoms with van der Waals surface area (Å²) in [5.41, 5.74) is 0.869. The normalized spacial score (nSPS) is 19.8. The first-order valence-electron chi connectivity index (χ1n) is 10.6. The molecule has 9 nitrogen and oxygen atoms in total. The molecule has 0 aliphatic carbocycles. The Morgan fingerprint density at radius 1 is 1.18 bits per heavy atom. The van der Waals surface area contributed by atoms with Gasteiger partial charge in [-0.05, 0) is 24.6 Å². The van der Waals surface area contributed by atoms with Crippen molar-refractivity contribution in [2.24, 2.45) is 0 Å². The van der Waals surface area contributed by atoms with Gasteiger partial charge in [0.15, 0.2) is 5.82 Å². The zero-order valence-corrected chi connectivity index (χ0v) is 20.2. The predicted molar refractivity (Wildman–Crippen MR) is 129 cm³/mol. The molecule has 2 aromatic rings. The lowest BCUT2D eigenvalue weighted by atomic mass is 10.1. The van der Waals surface area contributed by atoms with Crippen molar-refractivity contribution in [1.82, 2.24) is 25.5 Å². The summed E-state index contributed by atoms with van der Waals surface area (Å²) in [6.07, 6.45) is 1.56. The van der Waals surface area contributed by atoms with Crippen molar-refractivity contribution in [2.75, 3.05) is 49.5 Å². The first-order chi connectivity index (χ1) is 15.8. The summed E-state index contributed by atoms with van der Waals surface area (Å²) >= 11 is 18.7. The Balaban J connectivity index is 1.40. The number of nitrogens with zero attached hydrogens (tertiary/aromatic N) is 4. The van der Waals surface area contributed by atoms with Crippen LogP contribution in [-0.4, -0.2) is 72.0 Å². The van der Waals surface area contributed by atoms with Crippen molar-refractivity contribution in [2.45, 2.75) is 19.0 Å². The first-order valence-corrected chi connectivity index (χ1v) is 11.7. The highest BCUT2D eigenvalue weighted by atomic mass is 35.5. The van der Waals surface area contributed by atoms with Gasteiger partial charge in [-0.3, -0.25) is 9.59 Å². The third kappa shape index (κ3) is 5.60. The van der Waals surface area contributed by atoms with Crippen LogP contribution in [0, 0.1) is 0 Å². The maximum atomic E-state index is 12.7. The lowest BCUT2D eigenvalue weighted by Crippen LogP contribution is -2.61. The van der Waals surface area contributed by atoms with Crippen LogP contribution in [0.15, 0.2) is 24.4 Å². The van der Waals surface area contributed by atoms with Crippen molar-refractivity contribution >= 4 is 58.4 Å². The van der Waals surface area contributed by atoms with Crippen molar-refractivity contribution in [3.05, 3.63) is 45.0 Å². The van der Waals surface area contributed by atoms with E-state index >= 15 is 0 Å². The fourth-order valence-corrected chi connectivity index (χ4v) is 4.59. The minimum Gasteiger partial charge on any atom is -0.362 e. The molecule has 2 amide bonds. The summed E-state index contributed by atoms with van der Waals surface area (Å²) in [7, 11) is 0. The number of anilines is 2. The number of hydrogen-bond acceptors (Lipinski definition) is 7. The van der Waals surface area contributed by atoms with E-state index in [9.17, 15) is 9.59 Å². The van der Waals surface area contributed by atoms with E-state index in [-0.39, 0.29) is 24.4 Å². The van der Waals surface area contributed by atoms with E-state index in [4.69, 9.17) is 34.8 Å². The smallest absolute Gasteiger partial charge is 0.246 e. The number of carbonyl (C=O) groups excluding carboxylic acids is 2. The molecule has 3 N–H and O–H groups in total. The Kier molecular flexibility index (Phi) is 7.43. The second kappa shape index (κ2) is 10.3. The van der Waals surface area contributed by atoms with Gasteiger partial charge in [0, 0.05) is 42.8 Å². The van der Waals surface area contributed by atoms with Gasteiger partial charge in [0.05, 0.1) is 18.8 Å². The third-order valence-electron chi connectivity index (χ3n) is 5.66. The van der Waals surface area contributed by atoms with Crippen LogP contribution in [0.5, 0.6) is 0 Å². The van der Waals surface area contributed by atoms with Gasteiger partial charge in [-0.2, -0.15) is 4.98 Å². The van der Waals surface area contributed by atoms with E-state index in [1.165, 1.54) is 0 Å². The summed E-state index contributed by atoms with van der Waals surface area (Å²) in [5.74, 6) is 0.774. The number of hydrogen-bond donors (Lipinski definition) is 3. The first kappa shape index (κ1) is 23.8. The Bertz CT molecular complexity index is 1050. The maximum Gasteiger partial charge on any atom is 0.246 e. The van der Waals surface area contributed by atoms with Crippen molar-refractivity contribution in [1.29, 1.82) is 0 Å². The second-order valence-corrected chi connectivity index (χ2v) is 9.21. The van der Waals surface area contributed by atoms with Gasteiger partial charge in [-0.25, -0.2) is 4.98 Å². The lowest BCUT2D eigenvalue weighted by molar-refractivity contribution is -0.137. The van der Waals surface area contributed by atoms with E-state index < -0.39 is 6.04 Å². The molecule has 1 aromatic carbocycles. The fourth-order valence-electron chi connectivity index (χ4n) is 3.87. The van der Waals surface area contributed by atoms with Crippen LogP contribution < -0.4 is 20.9 Å². The Labute approximate surface area is 206 Å². The van der Waals surface area contributed by atoms with Crippen molar-refractivity contribution < 1.29 is 9.59 Å². The number of benzene rings is 1. The minimum absolute atomic E-state index is 0.0803. The standard InChI is InChI=1S/C21H24Cl3N7O2/c1-12(14-3-2-13(22)8-15(14)23)27-19-16(24)9-26-21(29-19)31-6-4-30(5-7-31)20(33)17-10-25-11-18(32)28-17/h2-3,8-9,12,17,25H,4-7,10-11H2,1H3,(H,28,32)(H,26,27,29)/t12-,17-/m1/s1. The number of piperazine rings is 2. The third-order valence-corrected chi connectivity index (χ3v) is 6.49. The average molecular weight is 513 g/mol. The number of amides is 2. The number of rotatable bonds is 5. The van der Waals surface area contributed by atoms with Crippen LogP contribution in [0.2, 0.25) is 15.1 Å². The Hall–Kier alpha value is -2.33. The molecule has 0 spiro atoms. The van der Waals surface area contributed by atoms with Crippen LogP contribution in [0.3, 0.4) is 0 Å². The van der Waals surface area contributed by atoms with E-state index in [2.05, 4.69) is 25.9 Å². The Morgan fingerprint density at radius 2 is 1.94 bits per heavy atom. The molecule has 4 rings (SSSR count). The molecule has 0 unspecified atom stereocenters. The summed E-state index contributed by atoms with van der Waals surface area (Å²) in [5, 5.41) is 10.5. The largest absolute Gasteiger partial charge is 0.362 e. The summed E-state index contributed by atoms with van der Waals surface area (Å²) < 4.78 is 0. The lowest BCUT2D eigenvalue weighted by Gasteiger charge is -2.37. The molecule has 2 saturated heterocycles. The molecule has 0 bridgehead atoms. The van der Waals surface area contributed by atoms with Gasteiger partial charge in [-0.1, -0.05) is 40.9 Å². The fraction of sp³-hybridized carbons (Fsp3) is 0.429. The molecule has 2 aliphatic heterocycles. The van der Waals surface area contributed by atoms with Crippen LogP contribution >= 0.6 is 34.8 Å². The molecule has 176 valence electrons. The van der Waals surface area contributed by atoms with Gasteiger partial charge in [0.2, 0.25) is 17.8 Å². The number of aromatic nitrogens is 2. The quantitative estimate of drug-likeness (QED) is 0.565.